The molecule has 0 fully saturated rings. The van der Waals surface area contributed by atoms with Gasteiger partial charge in [0.05, 0.1) is 5.69 Å². The molecule has 0 saturated heterocycles. The van der Waals surface area contributed by atoms with Gasteiger partial charge >= 0.3 is 5.97 Å². The summed E-state index contributed by atoms with van der Waals surface area (Å²) in [5.74, 6) is -0.979. The van der Waals surface area contributed by atoms with E-state index < -0.39 is 5.97 Å². The van der Waals surface area contributed by atoms with Crippen LogP contribution in [0.15, 0.2) is 28.9 Å². The Morgan fingerprint density at radius 2 is 2.42 bits per heavy atom. The molecule has 0 aromatic carbocycles. The summed E-state index contributed by atoms with van der Waals surface area (Å²) in [7, 11) is 0. The molecule has 0 radical (unpaired) electrons. The zero-order valence-electron chi connectivity index (χ0n) is 6.07. The summed E-state index contributed by atoms with van der Waals surface area (Å²) < 4.78 is 0.780. The van der Waals surface area contributed by atoms with Gasteiger partial charge in [0.15, 0.2) is 0 Å². The molecule has 0 spiro atoms. The van der Waals surface area contributed by atoms with E-state index in [-0.39, 0.29) is 0 Å². The van der Waals surface area contributed by atoms with Gasteiger partial charge in [-0.3, -0.25) is 4.98 Å². The Labute approximate surface area is 77.9 Å². The third-order valence-electron chi connectivity index (χ3n) is 1.17. The molecule has 4 heteroatoms. The van der Waals surface area contributed by atoms with E-state index in [4.69, 9.17) is 5.11 Å². The van der Waals surface area contributed by atoms with E-state index >= 15 is 0 Å². The van der Waals surface area contributed by atoms with Gasteiger partial charge in [-0.25, -0.2) is 4.79 Å². The van der Waals surface area contributed by atoms with Crippen LogP contribution in [0.1, 0.15) is 5.69 Å². The van der Waals surface area contributed by atoms with Crippen LogP contribution in [0.2, 0.25) is 0 Å². The molecule has 3 nitrogen and oxygen atoms in total. The Morgan fingerprint density at radius 1 is 1.67 bits per heavy atom. The highest BCUT2D eigenvalue weighted by Crippen LogP contribution is 2.14. The maximum Gasteiger partial charge on any atom is 0.328 e. The molecule has 1 aromatic heterocycles. The van der Waals surface area contributed by atoms with Crippen LogP contribution in [0.4, 0.5) is 0 Å². The lowest BCUT2D eigenvalue weighted by atomic mass is 10.3. The smallest absolute Gasteiger partial charge is 0.328 e. The molecule has 0 bridgehead atoms. The molecule has 1 N–H and O–H groups in total. The molecule has 0 saturated carbocycles. The van der Waals surface area contributed by atoms with Gasteiger partial charge in [0, 0.05) is 16.7 Å². The molecule has 1 rings (SSSR count). The van der Waals surface area contributed by atoms with Crippen LogP contribution < -0.4 is 0 Å². The lowest BCUT2D eigenvalue weighted by Crippen LogP contribution is -1.87. The minimum atomic E-state index is -0.979. The fourth-order valence-electron chi connectivity index (χ4n) is 0.671. The summed E-state index contributed by atoms with van der Waals surface area (Å²) in [6.45, 7) is 0. The first-order valence-electron chi connectivity index (χ1n) is 3.21. The van der Waals surface area contributed by atoms with E-state index in [0.717, 1.165) is 10.5 Å². The fraction of sp³-hybridized carbons (Fsp3) is 0. The van der Waals surface area contributed by atoms with Crippen molar-refractivity contribution in [3.63, 3.8) is 0 Å². The Kier molecular flexibility index (Phi) is 2.99. The number of carbonyl (C=O) groups is 1. The monoisotopic (exact) mass is 227 g/mol. The van der Waals surface area contributed by atoms with Crippen molar-refractivity contribution in [1.82, 2.24) is 4.98 Å². The highest BCUT2D eigenvalue weighted by molar-refractivity contribution is 9.10. The standard InChI is InChI=1S/C8H6BrNO2/c9-6-2-1-5-10-7(6)3-4-8(11)12/h1-5H,(H,11,12). The molecule has 0 atom stereocenters. The first-order valence-corrected chi connectivity index (χ1v) is 4.01. The van der Waals surface area contributed by atoms with E-state index in [1.165, 1.54) is 6.08 Å². The molecule has 0 aliphatic heterocycles. The van der Waals surface area contributed by atoms with Crippen LogP contribution in [0.5, 0.6) is 0 Å². The van der Waals surface area contributed by atoms with Gasteiger partial charge in [-0.1, -0.05) is 0 Å². The van der Waals surface area contributed by atoms with E-state index in [1.54, 1.807) is 18.3 Å². The first-order chi connectivity index (χ1) is 5.70. The summed E-state index contributed by atoms with van der Waals surface area (Å²) in [6.07, 6.45) is 4.09. The Hall–Kier alpha value is -1.16. The van der Waals surface area contributed by atoms with Crippen molar-refractivity contribution >= 4 is 28.0 Å². The number of rotatable bonds is 2. The van der Waals surface area contributed by atoms with E-state index in [9.17, 15) is 4.79 Å². The number of aliphatic carboxylic acids is 1. The molecular weight excluding hydrogens is 222 g/mol. The minimum absolute atomic E-state index is 0.611. The second kappa shape index (κ2) is 4.01. The summed E-state index contributed by atoms with van der Waals surface area (Å²) in [5.41, 5.74) is 0.611. The van der Waals surface area contributed by atoms with Crippen molar-refractivity contribution in [3.05, 3.63) is 34.6 Å². The highest BCUT2D eigenvalue weighted by Gasteiger charge is 1.95. The first kappa shape index (κ1) is 8.93. The van der Waals surface area contributed by atoms with Gasteiger partial charge in [-0.2, -0.15) is 0 Å². The highest BCUT2D eigenvalue weighted by atomic mass is 79.9. The topological polar surface area (TPSA) is 50.2 Å². The predicted octanol–water partition coefficient (Wildman–Crippen LogP) is 1.94. The van der Waals surface area contributed by atoms with Crippen LogP contribution in [-0.4, -0.2) is 16.1 Å². The zero-order valence-corrected chi connectivity index (χ0v) is 7.65. The van der Waals surface area contributed by atoms with Gasteiger partial charge < -0.3 is 5.11 Å². The van der Waals surface area contributed by atoms with Gasteiger partial charge in [-0.15, -0.1) is 0 Å². The summed E-state index contributed by atoms with van der Waals surface area (Å²) in [6, 6.07) is 3.57. The maximum atomic E-state index is 10.2. The summed E-state index contributed by atoms with van der Waals surface area (Å²) in [5, 5.41) is 8.34. The second-order valence-corrected chi connectivity index (χ2v) is 2.90. The van der Waals surface area contributed by atoms with E-state index in [2.05, 4.69) is 20.9 Å². The van der Waals surface area contributed by atoms with Crippen LogP contribution >= 0.6 is 15.9 Å². The van der Waals surface area contributed by atoms with Crippen molar-refractivity contribution < 1.29 is 9.90 Å². The van der Waals surface area contributed by atoms with Gasteiger partial charge in [0.2, 0.25) is 0 Å². The van der Waals surface area contributed by atoms with Gasteiger partial charge in [-0.05, 0) is 34.1 Å². The number of halogens is 1. The second-order valence-electron chi connectivity index (χ2n) is 2.04. The largest absolute Gasteiger partial charge is 0.478 e. The molecule has 0 unspecified atom stereocenters. The van der Waals surface area contributed by atoms with Crippen molar-refractivity contribution in [2.24, 2.45) is 0 Å². The van der Waals surface area contributed by atoms with Crippen molar-refractivity contribution in [1.29, 1.82) is 0 Å². The Bertz CT molecular complexity index is 323. The number of aromatic nitrogens is 1. The number of pyridine rings is 1. The third-order valence-corrected chi connectivity index (χ3v) is 1.84. The molecule has 12 heavy (non-hydrogen) atoms. The van der Waals surface area contributed by atoms with Crippen molar-refractivity contribution in [3.8, 4) is 0 Å². The molecule has 0 aliphatic carbocycles. The number of hydrogen-bond acceptors (Lipinski definition) is 2. The summed E-state index contributed by atoms with van der Waals surface area (Å²) >= 11 is 3.24. The molecule has 1 aromatic rings. The number of carboxylic acids is 1. The maximum absolute atomic E-state index is 10.2. The van der Waals surface area contributed by atoms with Crippen LogP contribution in [-0.2, 0) is 4.79 Å². The molecule has 0 amide bonds. The van der Waals surface area contributed by atoms with Crippen LogP contribution in [0, 0.1) is 0 Å². The molecular formula is C8H6BrNO2. The van der Waals surface area contributed by atoms with Crippen molar-refractivity contribution in [2.45, 2.75) is 0 Å². The number of hydrogen-bond donors (Lipinski definition) is 1. The van der Waals surface area contributed by atoms with Gasteiger partial charge in [0.1, 0.15) is 0 Å². The van der Waals surface area contributed by atoms with Crippen LogP contribution in [0.25, 0.3) is 6.08 Å². The minimum Gasteiger partial charge on any atom is -0.478 e. The fourth-order valence-corrected chi connectivity index (χ4v) is 1.06. The molecule has 62 valence electrons. The third kappa shape index (κ3) is 2.47. The quantitative estimate of drug-likeness (QED) is 0.787. The van der Waals surface area contributed by atoms with Crippen LogP contribution in [0.3, 0.4) is 0 Å². The number of nitrogens with zero attached hydrogens (tertiary/aromatic N) is 1. The lowest BCUT2D eigenvalue weighted by molar-refractivity contribution is -0.131. The van der Waals surface area contributed by atoms with Crippen molar-refractivity contribution in [2.75, 3.05) is 0 Å². The zero-order chi connectivity index (χ0) is 8.97. The normalized spacial score (nSPS) is 10.4. The Balaban J connectivity index is 2.89. The molecule has 0 aliphatic rings. The van der Waals surface area contributed by atoms with E-state index in [1.807, 2.05) is 0 Å². The average Bonchev–Trinajstić information content (AvgIpc) is 2.03. The van der Waals surface area contributed by atoms with Gasteiger partial charge in [0.25, 0.3) is 0 Å². The number of carboxylic acid groups (broad SMARTS) is 1. The molecule has 1 heterocycles. The average molecular weight is 228 g/mol. The predicted molar refractivity (Wildman–Crippen MR) is 48.6 cm³/mol. The Morgan fingerprint density at radius 3 is 3.00 bits per heavy atom. The SMILES string of the molecule is O=C(O)C=Cc1ncccc1Br. The van der Waals surface area contributed by atoms with E-state index in [0.29, 0.717) is 5.69 Å². The summed E-state index contributed by atoms with van der Waals surface area (Å²) in [4.78, 5) is 14.1. The lowest BCUT2D eigenvalue weighted by Gasteiger charge is -1.93.